The van der Waals surface area contributed by atoms with Crippen LogP contribution < -0.4 is 0 Å². The second kappa shape index (κ2) is 5.16. The average molecular weight is 315 g/mol. The van der Waals surface area contributed by atoms with Crippen LogP contribution in [-0.2, 0) is 14.4 Å². The Kier molecular flexibility index (Phi) is 3.23. The molecule has 0 aromatic heterocycles. The molecule has 120 valence electrons. The predicted octanol–water partition coefficient (Wildman–Crippen LogP) is 2.09. The summed E-state index contributed by atoms with van der Waals surface area (Å²) < 4.78 is 5.72. The first-order valence-corrected chi connectivity index (χ1v) is 7.95. The molecule has 1 aromatic rings. The zero-order valence-electron chi connectivity index (χ0n) is 12.6. The van der Waals surface area contributed by atoms with E-state index in [1.165, 1.54) is 0 Å². The highest BCUT2D eigenvalue weighted by Crippen LogP contribution is 2.53. The van der Waals surface area contributed by atoms with E-state index >= 15 is 0 Å². The van der Waals surface area contributed by atoms with Gasteiger partial charge in [0.05, 0.1) is 22.6 Å². The van der Waals surface area contributed by atoms with Crippen LogP contribution in [0.3, 0.4) is 0 Å². The van der Waals surface area contributed by atoms with Gasteiger partial charge in [0.2, 0.25) is 0 Å². The van der Waals surface area contributed by atoms with Crippen LogP contribution >= 0.6 is 0 Å². The molecular weight excluding hydrogens is 298 g/mol. The number of hydrogen-bond donors (Lipinski definition) is 0. The molecule has 6 nitrogen and oxygen atoms in total. The molecule has 1 unspecified atom stereocenters. The fraction of sp³-hybridized carbons (Fsp3) is 0.471. The van der Waals surface area contributed by atoms with Crippen molar-refractivity contribution >= 4 is 17.8 Å². The van der Waals surface area contributed by atoms with E-state index in [0.29, 0.717) is 24.5 Å². The summed E-state index contributed by atoms with van der Waals surface area (Å²) in [5.74, 6) is -1.70. The fourth-order valence-electron chi connectivity index (χ4n) is 3.39. The SMILES string of the molecule is O=C1c2ccccc2C(=O)N1OC(=O)C1(C2CCCCO2)CC1. The van der Waals surface area contributed by atoms with E-state index in [4.69, 9.17) is 9.57 Å². The van der Waals surface area contributed by atoms with Gasteiger partial charge in [0.1, 0.15) is 0 Å². The van der Waals surface area contributed by atoms with Crippen molar-refractivity contribution in [1.29, 1.82) is 0 Å². The van der Waals surface area contributed by atoms with Gasteiger partial charge in [-0.15, -0.1) is 0 Å². The van der Waals surface area contributed by atoms with Gasteiger partial charge in [-0.2, -0.15) is 0 Å². The number of nitrogens with zero attached hydrogens (tertiary/aromatic N) is 1. The monoisotopic (exact) mass is 315 g/mol. The van der Waals surface area contributed by atoms with Gasteiger partial charge in [0.15, 0.2) is 0 Å². The molecular formula is C17H17NO5. The minimum Gasteiger partial charge on any atom is -0.377 e. The average Bonchev–Trinajstić information content (AvgIpc) is 3.37. The molecule has 0 N–H and O–H groups in total. The summed E-state index contributed by atoms with van der Waals surface area (Å²) >= 11 is 0. The third-order valence-electron chi connectivity index (χ3n) is 4.92. The molecule has 2 heterocycles. The Hall–Kier alpha value is -2.21. The van der Waals surface area contributed by atoms with Gasteiger partial charge < -0.3 is 9.57 Å². The highest BCUT2D eigenvalue weighted by Gasteiger charge is 2.59. The number of hydrogen-bond acceptors (Lipinski definition) is 5. The maximum atomic E-state index is 12.6. The number of fused-ring (bicyclic) bond motifs is 1. The Morgan fingerprint density at radius 1 is 1.13 bits per heavy atom. The van der Waals surface area contributed by atoms with Crippen molar-refractivity contribution in [2.45, 2.75) is 38.2 Å². The summed E-state index contributed by atoms with van der Waals surface area (Å²) in [5, 5.41) is 0.593. The lowest BCUT2D eigenvalue weighted by Gasteiger charge is -2.29. The van der Waals surface area contributed by atoms with Crippen LogP contribution in [0.15, 0.2) is 24.3 Å². The van der Waals surface area contributed by atoms with Crippen molar-refractivity contribution in [3.63, 3.8) is 0 Å². The zero-order valence-corrected chi connectivity index (χ0v) is 12.6. The molecule has 4 rings (SSSR count). The summed E-state index contributed by atoms with van der Waals surface area (Å²) in [6, 6.07) is 6.46. The summed E-state index contributed by atoms with van der Waals surface area (Å²) in [6.45, 7) is 0.646. The topological polar surface area (TPSA) is 72.9 Å². The van der Waals surface area contributed by atoms with Crippen LogP contribution in [0.1, 0.15) is 52.8 Å². The fourth-order valence-corrected chi connectivity index (χ4v) is 3.39. The molecule has 23 heavy (non-hydrogen) atoms. The number of ether oxygens (including phenoxy) is 1. The van der Waals surface area contributed by atoms with Crippen LogP contribution in [-0.4, -0.2) is 35.6 Å². The third kappa shape index (κ3) is 2.16. The maximum Gasteiger partial charge on any atom is 0.341 e. The second-order valence-electron chi connectivity index (χ2n) is 6.34. The first-order chi connectivity index (χ1) is 11.1. The summed E-state index contributed by atoms with van der Waals surface area (Å²) in [5.41, 5.74) is -0.149. The van der Waals surface area contributed by atoms with Crippen LogP contribution in [0.5, 0.6) is 0 Å². The molecule has 1 atom stereocenters. The molecule has 2 amide bonds. The van der Waals surface area contributed by atoms with Gasteiger partial charge in [0.25, 0.3) is 11.8 Å². The van der Waals surface area contributed by atoms with E-state index in [0.717, 1.165) is 19.3 Å². The van der Waals surface area contributed by atoms with Crippen molar-refractivity contribution in [3.05, 3.63) is 35.4 Å². The van der Waals surface area contributed by atoms with Crippen molar-refractivity contribution in [2.75, 3.05) is 6.61 Å². The molecule has 6 heteroatoms. The number of carbonyl (C=O) groups excluding carboxylic acids is 3. The van der Waals surface area contributed by atoms with Gasteiger partial charge >= 0.3 is 5.97 Å². The molecule has 0 bridgehead atoms. The van der Waals surface area contributed by atoms with E-state index < -0.39 is 23.2 Å². The van der Waals surface area contributed by atoms with Crippen molar-refractivity contribution in [1.82, 2.24) is 5.06 Å². The minimum atomic E-state index is -0.685. The molecule has 0 spiro atoms. The molecule has 1 saturated heterocycles. The first-order valence-electron chi connectivity index (χ1n) is 7.95. The number of carbonyl (C=O) groups is 3. The quantitative estimate of drug-likeness (QED) is 0.799. The van der Waals surface area contributed by atoms with Crippen LogP contribution in [0.25, 0.3) is 0 Å². The number of imide groups is 1. The largest absolute Gasteiger partial charge is 0.377 e. The van der Waals surface area contributed by atoms with E-state index in [2.05, 4.69) is 0 Å². The lowest BCUT2D eigenvalue weighted by atomic mass is 9.93. The molecule has 1 aliphatic carbocycles. The number of rotatable bonds is 3. The molecule has 2 fully saturated rings. The molecule has 3 aliphatic rings. The Morgan fingerprint density at radius 2 is 1.78 bits per heavy atom. The zero-order chi connectivity index (χ0) is 16.0. The van der Waals surface area contributed by atoms with Gasteiger partial charge in [-0.3, -0.25) is 9.59 Å². The maximum absolute atomic E-state index is 12.6. The van der Waals surface area contributed by atoms with E-state index in [-0.39, 0.29) is 17.2 Å². The highest BCUT2D eigenvalue weighted by atomic mass is 16.7. The van der Waals surface area contributed by atoms with Gasteiger partial charge in [-0.1, -0.05) is 17.2 Å². The first kappa shape index (κ1) is 14.4. The lowest BCUT2D eigenvalue weighted by molar-refractivity contribution is -0.183. The van der Waals surface area contributed by atoms with Gasteiger partial charge in [-0.05, 0) is 44.2 Å². The highest BCUT2D eigenvalue weighted by molar-refractivity contribution is 6.20. The minimum absolute atomic E-state index is 0.168. The predicted molar refractivity (Wildman–Crippen MR) is 78.3 cm³/mol. The Labute approximate surface area is 133 Å². The normalized spacial score (nSPS) is 25.2. The van der Waals surface area contributed by atoms with Crippen LogP contribution in [0.2, 0.25) is 0 Å². The third-order valence-corrected chi connectivity index (χ3v) is 4.92. The summed E-state index contributed by atoms with van der Waals surface area (Å²) in [7, 11) is 0. The number of amides is 2. The Morgan fingerprint density at radius 3 is 2.30 bits per heavy atom. The van der Waals surface area contributed by atoms with Crippen molar-refractivity contribution in [2.24, 2.45) is 5.41 Å². The Balaban J connectivity index is 1.52. The smallest absolute Gasteiger partial charge is 0.341 e. The standard InChI is InChI=1S/C17H17NO5/c19-14-11-5-1-2-6-12(11)15(20)18(14)23-16(21)17(8-9-17)13-7-3-4-10-22-13/h1-2,5-6,13H,3-4,7-10H2. The molecule has 1 aromatic carbocycles. The van der Waals surface area contributed by atoms with Gasteiger partial charge in [-0.25, -0.2) is 4.79 Å². The van der Waals surface area contributed by atoms with Gasteiger partial charge in [0, 0.05) is 6.61 Å². The Bertz CT molecular complexity index is 653. The molecule has 1 saturated carbocycles. The number of benzene rings is 1. The van der Waals surface area contributed by atoms with Crippen LogP contribution in [0, 0.1) is 5.41 Å². The molecule has 0 radical (unpaired) electrons. The van der Waals surface area contributed by atoms with Crippen molar-refractivity contribution < 1.29 is 24.0 Å². The van der Waals surface area contributed by atoms with E-state index in [9.17, 15) is 14.4 Å². The summed E-state index contributed by atoms with van der Waals surface area (Å²) in [6.07, 6.45) is 4.03. The van der Waals surface area contributed by atoms with Crippen LogP contribution in [0.4, 0.5) is 0 Å². The summed E-state index contributed by atoms with van der Waals surface area (Å²) in [4.78, 5) is 42.3. The number of hydroxylamine groups is 2. The second-order valence-corrected chi connectivity index (χ2v) is 6.34. The van der Waals surface area contributed by atoms with E-state index in [1.54, 1.807) is 24.3 Å². The lowest BCUT2D eigenvalue weighted by Crippen LogP contribution is -2.41. The molecule has 2 aliphatic heterocycles. The van der Waals surface area contributed by atoms with E-state index in [1.807, 2.05) is 0 Å². The van der Waals surface area contributed by atoms with Crippen molar-refractivity contribution in [3.8, 4) is 0 Å².